The van der Waals surface area contributed by atoms with E-state index in [1.54, 1.807) is 12.1 Å². The first-order chi connectivity index (χ1) is 14.8. The van der Waals surface area contributed by atoms with Gasteiger partial charge in [0.05, 0.1) is 11.7 Å². The molecule has 0 unspecified atom stereocenters. The molecule has 2 saturated carbocycles. The summed E-state index contributed by atoms with van der Waals surface area (Å²) >= 11 is 0. The number of alkyl halides is 3. The van der Waals surface area contributed by atoms with Crippen LogP contribution >= 0.6 is 0 Å². The molecule has 2 aliphatic carbocycles. The average Bonchev–Trinajstić information content (AvgIpc) is 2.78. The Bertz CT molecular complexity index is 749. The van der Waals surface area contributed by atoms with Gasteiger partial charge in [-0.1, -0.05) is 25.0 Å². The number of benzene rings is 1. The van der Waals surface area contributed by atoms with E-state index in [4.69, 9.17) is 10.00 Å². The van der Waals surface area contributed by atoms with Crippen molar-refractivity contribution < 1.29 is 22.3 Å². The van der Waals surface area contributed by atoms with Crippen molar-refractivity contribution in [2.45, 2.75) is 82.4 Å². The number of hydrogen-bond donors (Lipinski definition) is 0. The van der Waals surface area contributed by atoms with Gasteiger partial charge in [0.15, 0.2) is 5.83 Å². The highest BCUT2D eigenvalue weighted by Gasteiger charge is 2.31. The number of ether oxygens (including phenoxy) is 1. The third-order valence-electron chi connectivity index (χ3n) is 6.92. The molecule has 0 heterocycles. The first kappa shape index (κ1) is 23.8. The molecule has 2 aliphatic rings. The van der Waals surface area contributed by atoms with Gasteiger partial charge in [0.2, 0.25) is 0 Å². The van der Waals surface area contributed by atoms with Crippen molar-refractivity contribution in [2.75, 3.05) is 6.61 Å². The molecule has 0 saturated heterocycles. The van der Waals surface area contributed by atoms with E-state index in [2.05, 4.69) is 0 Å². The number of rotatable bonds is 7. The summed E-state index contributed by atoms with van der Waals surface area (Å²) in [7, 11) is 0. The van der Waals surface area contributed by atoms with Crippen molar-refractivity contribution in [1.29, 1.82) is 5.26 Å². The molecule has 6 heteroatoms. The van der Waals surface area contributed by atoms with E-state index in [0.717, 1.165) is 70.0 Å². The summed E-state index contributed by atoms with van der Waals surface area (Å²) in [6.07, 6.45) is 7.29. The van der Waals surface area contributed by atoms with Crippen LogP contribution in [0.15, 0.2) is 36.2 Å². The van der Waals surface area contributed by atoms with Crippen LogP contribution in [-0.2, 0) is 10.9 Å². The molecular formula is C25H31F4NO. The smallest absolute Gasteiger partial charge is 0.378 e. The summed E-state index contributed by atoms with van der Waals surface area (Å²) in [4.78, 5) is 0. The zero-order chi connectivity index (χ0) is 22.3. The third-order valence-corrected chi connectivity index (χ3v) is 6.92. The van der Waals surface area contributed by atoms with Crippen LogP contribution in [0.5, 0.6) is 0 Å². The lowest BCUT2D eigenvalue weighted by Gasteiger charge is -2.32. The Labute approximate surface area is 182 Å². The van der Waals surface area contributed by atoms with E-state index < -0.39 is 17.6 Å². The van der Waals surface area contributed by atoms with Crippen LogP contribution in [-0.4, -0.2) is 12.7 Å². The van der Waals surface area contributed by atoms with Crippen molar-refractivity contribution in [3.05, 3.63) is 47.3 Å². The molecule has 0 bridgehead atoms. The molecule has 0 atom stereocenters. The standard InChI is InChI=1S/C25H31F4NO/c26-23(16-30)3-1-2-18-4-6-19(7-5-18)17-31-24-14-10-21(11-15-24)20-8-12-22(13-9-20)25(27,28)29/h3,8-9,12-13,18-19,21,24H,1-2,4-7,10-11,14-15,17H2/b23-3+. The van der Waals surface area contributed by atoms with Gasteiger partial charge in [0.25, 0.3) is 0 Å². The highest BCUT2D eigenvalue weighted by Crippen LogP contribution is 2.37. The van der Waals surface area contributed by atoms with Gasteiger partial charge in [0, 0.05) is 6.61 Å². The summed E-state index contributed by atoms with van der Waals surface area (Å²) in [5.74, 6) is 0.820. The molecule has 2 nitrogen and oxygen atoms in total. The molecule has 3 rings (SSSR count). The van der Waals surface area contributed by atoms with E-state index in [0.29, 0.717) is 24.2 Å². The summed E-state index contributed by atoms with van der Waals surface area (Å²) < 4.78 is 57.2. The quantitative estimate of drug-likeness (QED) is 0.323. The van der Waals surface area contributed by atoms with Gasteiger partial charge in [-0.3, -0.25) is 0 Å². The lowest BCUT2D eigenvalue weighted by molar-refractivity contribution is -0.137. The van der Waals surface area contributed by atoms with E-state index in [1.165, 1.54) is 24.3 Å². The fourth-order valence-electron chi connectivity index (χ4n) is 4.96. The van der Waals surface area contributed by atoms with Crippen LogP contribution in [0.1, 0.15) is 81.3 Å². The third kappa shape index (κ3) is 7.35. The van der Waals surface area contributed by atoms with Gasteiger partial charge in [-0.2, -0.15) is 22.8 Å². The molecule has 0 aromatic heterocycles. The molecule has 0 radical (unpaired) electrons. The SMILES string of the molecule is N#C/C(F)=C\CCC1CCC(COC2CCC(c3ccc(C(F)(F)F)cc3)CC2)CC1. The Balaban J connectivity index is 1.33. The fourth-order valence-corrected chi connectivity index (χ4v) is 4.96. The molecule has 31 heavy (non-hydrogen) atoms. The Morgan fingerprint density at radius 1 is 0.968 bits per heavy atom. The Morgan fingerprint density at radius 2 is 1.58 bits per heavy atom. The zero-order valence-corrected chi connectivity index (χ0v) is 17.8. The second kappa shape index (κ2) is 11.1. The molecule has 2 fully saturated rings. The van der Waals surface area contributed by atoms with Crippen LogP contribution in [0, 0.1) is 23.2 Å². The van der Waals surface area contributed by atoms with E-state index in [9.17, 15) is 17.6 Å². The van der Waals surface area contributed by atoms with Gasteiger partial charge >= 0.3 is 6.18 Å². The summed E-state index contributed by atoms with van der Waals surface area (Å²) in [5.41, 5.74) is 0.406. The van der Waals surface area contributed by atoms with Crippen molar-refractivity contribution in [1.82, 2.24) is 0 Å². The lowest BCUT2D eigenvalue weighted by atomic mass is 9.80. The highest BCUT2D eigenvalue weighted by atomic mass is 19.4. The largest absolute Gasteiger partial charge is 0.416 e. The molecule has 1 aromatic carbocycles. The minimum atomic E-state index is -4.28. The summed E-state index contributed by atoms with van der Waals surface area (Å²) in [6.45, 7) is 0.783. The van der Waals surface area contributed by atoms with E-state index >= 15 is 0 Å². The van der Waals surface area contributed by atoms with Crippen LogP contribution in [0.3, 0.4) is 0 Å². The normalized spacial score (nSPS) is 27.6. The van der Waals surface area contributed by atoms with Crippen LogP contribution < -0.4 is 0 Å². The number of hydrogen-bond acceptors (Lipinski definition) is 2. The number of nitriles is 1. The Morgan fingerprint density at radius 3 is 2.16 bits per heavy atom. The molecule has 1 aromatic rings. The first-order valence-corrected chi connectivity index (χ1v) is 11.4. The predicted octanol–water partition coefficient (Wildman–Crippen LogP) is 7.71. The van der Waals surface area contributed by atoms with Crippen molar-refractivity contribution >= 4 is 0 Å². The molecule has 0 amide bonds. The van der Waals surface area contributed by atoms with Gasteiger partial charge in [0.1, 0.15) is 6.07 Å². The molecule has 0 N–H and O–H groups in total. The maximum atomic E-state index is 12.8. The summed E-state index contributed by atoms with van der Waals surface area (Å²) in [5, 5.41) is 8.44. The van der Waals surface area contributed by atoms with Crippen molar-refractivity contribution in [2.24, 2.45) is 11.8 Å². The van der Waals surface area contributed by atoms with Crippen LogP contribution in [0.2, 0.25) is 0 Å². The maximum Gasteiger partial charge on any atom is 0.416 e. The van der Waals surface area contributed by atoms with E-state index in [1.807, 2.05) is 0 Å². The first-order valence-electron chi connectivity index (χ1n) is 11.4. The second-order valence-corrected chi connectivity index (χ2v) is 9.05. The Hall–Kier alpha value is -1.87. The monoisotopic (exact) mass is 437 g/mol. The summed E-state index contributed by atoms with van der Waals surface area (Å²) in [6, 6.07) is 7.13. The topological polar surface area (TPSA) is 33.0 Å². The van der Waals surface area contributed by atoms with Crippen LogP contribution in [0.4, 0.5) is 17.6 Å². The Kier molecular flexibility index (Phi) is 8.54. The molecule has 170 valence electrons. The molecular weight excluding hydrogens is 406 g/mol. The number of nitrogens with zero attached hydrogens (tertiary/aromatic N) is 1. The molecule has 0 spiro atoms. The minimum Gasteiger partial charge on any atom is -0.378 e. The highest BCUT2D eigenvalue weighted by molar-refractivity contribution is 5.27. The second-order valence-electron chi connectivity index (χ2n) is 9.05. The van der Waals surface area contributed by atoms with Crippen molar-refractivity contribution in [3.8, 4) is 6.07 Å². The van der Waals surface area contributed by atoms with Gasteiger partial charge in [-0.15, -0.1) is 0 Å². The van der Waals surface area contributed by atoms with Crippen LogP contribution in [0.25, 0.3) is 0 Å². The van der Waals surface area contributed by atoms with Gasteiger partial charge in [-0.05, 0) is 92.9 Å². The van der Waals surface area contributed by atoms with Gasteiger partial charge < -0.3 is 4.74 Å². The number of allylic oxidation sites excluding steroid dienone is 2. The maximum absolute atomic E-state index is 12.8. The molecule has 0 aliphatic heterocycles. The zero-order valence-electron chi connectivity index (χ0n) is 17.8. The lowest BCUT2D eigenvalue weighted by Crippen LogP contribution is -2.25. The predicted molar refractivity (Wildman–Crippen MR) is 112 cm³/mol. The average molecular weight is 438 g/mol. The van der Waals surface area contributed by atoms with E-state index in [-0.39, 0.29) is 6.10 Å². The van der Waals surface area contributed by atoms with Crippen molar-refractivity contribution in [3.63, 3.8) is 0 Å². The number of halogens is 4. The fraction of sp³-hybridized carbons (Fsp3) is 0.640. The minimum absolute atomic E-state index is 0.252. The van der Waals surface area contributed by atoms with Gasteiger partial charge in [-0.25, -0.2) is 0 Å².